The molecule has 1 saturated heterocycles. The third-order valence-electron chi connectivity index (χ3n) is 4.78. The largest absolute Gasteiger partial charge is 0.324 e. The van der Waals surface area contributed by atoms with E-state index in [0.29, 0.717) is 19.4 Å². The molecular formula is C20H24N2O3S. The van der Waals surface area contributed by atoms with Crippen molar-refractivity contribution in [2.45, 2.75) is 44.6 Å². The van der Waals surface area contributed by atoms with E-state index in [1.54, 1.807) is 24.3 Å². The summed E-state index contributed by atoms with van der Waals surface area (Å²) in [6.45, 7) is 6.15. The van der Waals surface area contributed by atoms with Gasteiger partial charge in [0, 0.05) is 12.2 Å². The SMILES string of the molecule is Cc1ccc(S(=O)(=O)N2CCC[C@H]2C(=O)Nc2cc(C)ccc2C)cc1. The van der Waals surface area contributed by atoms with Crippen LogP contribution in [-0.2, 0) is 14.8 Å². The standard InChI is InChI=1S/C20H24N2O3S/c1-14-7-10-17(11-8-14)26(24,25)22-12-4-5-19(22)20(23)21-18-13-15(2)6-9-16(18)3/h6-11,13,19H,4-5,12H2,1-3H3,(H,21,23)/t19-/m0/s1. The molecule has 5 nitrogen and oxygen atoms in total. The molecule has 0 spiro atoms. The van der Waals surface area contributed by atoms with Crippen LogP contribution in [0.2, 0.25) is 0 Å². The number of rotatable bonds is 4. The number of amides is 1. The summed E-state index contributed by atoms with van der Waals surface area (Å²) in [6.07, 6.45) is 1.21. The van der Waals surface area contributed by atoms with Crippen molar-refractivity contribution >= 4 is 21.6 Å². The zero-order valence-electron chi connectivity index (χ0n) is 15.3. The van der Waals surface area contributed by atoms with E-state index in [2.05, 4.69) is 5.32 Å². The van der Waals surface area contributed by atoms with E-state index in [9.17, 15) is 13.2 Å². The first-order chi connectivity index (χ1) is 12.3. The van der Waals surface area contributed by atoms with Gasteiger partial charge in [0.2, 0.25) is 15.9 Å². The van der Waals surface area contributed by atoms with Gasteiger partial charge in [0.1, 0.15) is 6.04 Å². The van der Waals surface area contributed by atoms with Crippen LogP contribution in [0.4, 0.5) is 5.69 Å². The highest BCUT2D eigenvalue weighted by atomic mass is 32.2. The van der Waals surface area contributed by atoms with Crippen molar-refractivity contribution in [1.82, 2.24) is 4.31 Å². The van der Waals surface area contributed by atoms with Crippen LogP contribution in [0.5, 0.6) is 0 Å². The maximum Gasteiger partial charge on any atom is 0.243 e. The molecule has 0 radical (unpaired) electrons. The Morgan fingerprint density at radius 2 is 1.69 bits per heavy atom. The smallest absolute Gasteiger partial charge is 0.243 e. The molecule has 0 aliphatic carbocycles. The summed E-state index contributed by atoms with van der Waals surface area (Å²) in [7, 11) is -3.69. The lowest BCUT2D eigenvalue weighted by Crippen LogP contribution is -2.43. The van der Waals surface area contributed by atoms with Crippen molar-refractivity contribution in [3.05, 3.63) is 59.2 Å². The van der Waals surface area contributed by atoms with Crippen LogP contribution in [0.1, 0.15) is 29.5 Å². The molecular weight excluding hydrogens is 348 g/mol. The predicted octanol–water partition coefficient (Wildman–Crippen LogP) is 3.40. The summed E-state index contributed by atoms with van der Waals surface area (Å²) in [4.78, 5) is 13.0. The van der Waals surface area contributed by atoms with Gasteiger partial charge in [-0.3, -0.25) is 4.79 Å². The van der Waals surface area contributed by atoms with Gasteiger partial charge in [-0.05, 0) is 62.9 Å². The van der Waals surface area contributed by atoms with Crippen LogP contribution in [0.25, 0.3) is 0 Å². The molecule has 3 rings (SSSR count). The number of carbonyl (C=O) groups is 1. The number of aryl methyl sites for hydroxylation is 3. The Morgan fingerprint density at radius 1 is 1.04 bits per heavy atom. The molecule has 1 amide bonds. The fourth-order valence-electron chi connectivity index (χ4n) is 3.22. The minimum absolute atomic E-state index is 0.231. The minimum Gasteiger partial charge on any atom is -0.324 e. The molecule has 0 unspecified atom stereocenters. The summed E-state index contributed by atoms with van der Waals surface area (Å²) in [6, 6.07) is 11.9. The minimum atomic E-state index is -3.69. The number of sulfonamides is 1. The fourth-order valence-corrected chi connectivity index (χ4v) is 4.88. The lowest BCUT2D eigenvalue weighted by Gasteiger charge is -2.24. The van der Waals surface area contributed by atoms with Gasteiger partial charge >= 0.3 is 0 Å². The maximum absolute atomic E-state index is 13.0. The maximum atomic E-state index is 13.0. The highest BCUT2D eigenvalue weighted by Gasteiger charge is 2.39. The summed E-state index contributed by atoms with van der Waals surface area (Å²) < 4.78 is 27.3. The molecule has 1 atom stereocenters. The van der Waals surface area contributed by atoms with Gasteiger partial charge in [-0.15, -0.1) is 0 Å². The zero-order chi connectivity index (χ0) is 18.9. The van der Waals surface area contributed by atoms with E-state index in [1.165, 1.54) is 4.31 Å². The number of benzene rings is 2. The second-order valence-corrected chi connectivity index (χ2v) is 8.79. The second-order valence-electron chi connectivity index (χ2n) is 6.89. The molecule has 0 aromatic heterocycles. The Balaban J connectivity index is 1.84. The second kappa shape index (κ2) is 7.21. The number of hydrogen-bond acceptors (Lipinski definition) is 3. The van der Waals surface area contributed by atoms with Crippen LogP contribution in [-0.4, -0.2) is 31.2 Å². The third kappa shape index (κ3) is 3.66. The summed E-state index contributed by atoms with van der Waals surface area (Å²) in [5.41, 5.74) is 3.72. The average molecular weight is 372 g/mol. The zero-order valence-corrected chi connectivity index (χ0v) is 16.1. The van der Waals surface area contributed by atoms with Crippen molar-refractivity contribution in [1.29, 1.82) is 0 Å². The summed E-state index contributed by atoms with van der Waals surface area (Å²) in [5.74, 6) is -0.271. The molecule has 6 heteroatoms. The molecule has 0 saturated carbocycles. The van der Waals surface area contributed by atoms with Crippen molar-refractivity contribution in [3.63, 3.8) is 0 Å². The van der Waals surface area contributed by atoms with Gasteiger partial charge in [0.15, 0.2) is 0 Å². The van der Waals surface area contributed by atoms with E-state index in [0.717, 1.165) is 22.4 Å². The predicted molar refractivity (Wildman–Crippen MR) is 103 cm³/mol. The van der Waals surface area contributed by atoms with Crippen molar-refractivity contribution < 1.29 is 13.2 Å². The van der Waals surface area contributed by atoms with Gasteiger partial charge in [-0.1, -0.05) is 29.8 Å². The number of anilines is 1. The highest BCUT2D eigenvalue weighted by molar-refractivity contribution is 7.89. The van der Waals surface area contributed by atoms with Gasteiger partial charge in [-0.2, -0.15) is 4.31 Å². The molecule has 1 fully saturated rings. The van der Waals surface area contributed by atoms with Gasteiger partial charge < -0.3 is 5.32 Å². The normalized spacial score (nSPS) is 18.0. The fraction of sp³-hybridized carbons (Fsp3) is 0.350. The highest BCUT2D eigenvalue weighted by Crippen LogP contribution is 2.27. The van der Waals surface area contributed by atoms with E-state index in [4.69, 9.17) is 0 Å². The van der Waals surface area contributed by atoms with Crippen molar-refractivity contribution in [3.8, 4) is 0 Å². The Hall–Kier alpha value is -2.18. The lowest BCUT2D eigenvalue weighted by atomic mass is 10.1. The van der Waals surface area contributed by atoms with Crippen molar-refractivity contribution in [2.75, 3.05) is 11.9 Å². The molecule has 2 aromatic carbocycles. The van der Waals surface area contributed by atoms with Crippen LogP contribution in [0.3, 0.4) is 0 Å². The summed E-state index contributed by atoms with van der Waals surface area (Å²) >= 11 is 0. The van der Waals surface area contributed by atoms with Gasteiger partial charge in [0.05, 0.1) is 4.90 Å². The summed E-state index contributed by atoms with van der Waals surface area (Å²) in [5, 5.41) is 2.91. The molecule has 1 aliphatic heterocycles. The first-order valence-corrected chi connectivity index (χ1v) is 10.2. The lowest BCUT2D eigenvalue weighted by molar-refractivity contribution is -0.119. The Bertz CT molecular complexity index is 921. The quantitative estimate of drug-likeness (QED) is 0.894. The van der Waals surface area contributed by atoms with Gasteiger partial charge in [-0.25, -0.2) is 8.42 Å². The topological polar surface area (TPSA) is 66.5 Å². The Kier molecular flexibility index (Phi) is 5.16. The van der Waals surface area contributed by atoms with Crippen LogP contribution >= 0.6 is 0 Å². The monoisotopic (exact) mass is 372 g/mol. The first-order valence-electron chi connectivity index (χ1n) is 8.75. The Morgan fingerprint density at radius 3 is 2.38 bits per heavy atom. The average Bonchev–Trinajstić information content (AvgIpc) is 3.09. The van der Waals surface area contributed by atoms with E-state index in [-0.39, 0.29) is 10.8 Å². The van der Waals surface area contributed by atoms with E-state index < -0.39 is 16.1 Å². The molecule has 138 valence electrons. The molecule has 2 aromatic rings. The molecule has 1 aliphatic rings. The van der Waals surface area contributed by atoms with Crippen molar-refractivity contribution in [2.24, 2.45) is 0 Å². The molecule has 0 bridgehead atoms. The Labute approximate surface area is 155 Å². The molecule has 26 heavy (non-hydrogen) atoms. The first kappa shape index (κ1) is 18.6. The van der Waals surface area contributed by atoms with E-state index in [1.807, 2.05) is 39.0 Å². The van der Waals surface area contributed by atoms with Crippen LogP contribution in [0, 0.1) is 20.8 Å². The number of nitrogens with one attached hydrogen (secondary N) is 1. The van der Waals surface area contributed by atoms with Crippen LogP contribution in [0.15, 0.2) is 47.4 Å². The van der Waals surface area contributed by atoms with Gasteiger partial charge in [0.25, 0.3) is 0 Å². The number of hydrogen-bond donors (Lipinski definition) is 1. The third-order valence-corrected chi connectivity index (χ3v) is 6.71. The number of carbonyl (C=O) groups excluding carboxylic acids is 1. The molecule has 1 N–H and O–H groups in total. The van der Waals surface area contributed by atoms with Crippen LogP contribution < -0.4 is 5.32 Å². The molecule has 1 heterocycles. The number of nitrogens with zero attached hydrogens (tertiary/aromatic N) is 1. The van der Waals surface area contributed by atoms with E-state index >= 15 is 0 Å².